The zero-order chi connectivity index (χ0) is 17.4. The molecule has 1 atom stereocenters. The fourth-order valence-electron chi connectivity index (χ4n) is 3.22. The Morgan fingerprint density at radius 3 is 3.12 bits per heavy atom. The lowest BCUT2D eigenvalue weighted by Gasteiger charge is -2.25. The highest BCUT2D eigenvalue weighted by atomic mass is 35.5. The molecule has 0 saturated heterocycles. The maximum absolute atomic E-state index is 13.9. The monoisotopic (exact) mass is 359 g/mol. The van der Waals surface area contributed by atoms with Gasteiger partial charge in [0.05, 0.1) is 16.9 Å². The van der Waals surface area contributed by atoms with E-state index >= 15 is 0 Å². The van der Waals surface area contributed by atoms with Crippen molar-refractivity contribution < 1.29 is 9.18 Å². The first-order chi connectivity index (χ1) is 12.1. The summed E-state index contributed by atoms with van der Waals surface area (Å²) in [7, 11) is 0. The minimum atomic E-state index is -0.639. The molecule has 0 spiro atoms. The van der Waals surface area contributed by atoms with Gasteiger partial charge in [0.1, 0.15) is 0 Å². The predicted octanol–water partition coefficient (Wildman–Crippen LogP) is 3.43. The first-order valence-corrected chi connectivity index (χ1v) is 8.31. The molecule has 8 heteroatoms. The maximum Gasteiger partial charge on any atom is 0.319 e. The summed E-state index contributed by atoms with van der Waals surface area (Å²) in [4.78, 5) is 16.5. The minimum Gasteiger partial charge on any atom is -0.335 e. The summed E-state index contributed by atoms with van der Waals surface area (Å²) in [5.41, 5.74) is 3.15. The Kier molecular flexibility index (Phi) is 4.01. The van der Waals surface area contributed by atoms with Crippen LogP contribution in [-0.2, 0) is 12.8 Å². The minimum absolute atomic E-state index is 0.0282. The number of nitrogens with zero attached hydrogens (tertiary/aromatic N) is 2. The number of benzene rings is 1. The molecule has 0 bridgehead atoms. The Bertz CT molecular complexity index is 957. The molecular formula is C17H15ClFN5O. The first kappa shape index (κ1) is 15.8. The molecule has 6 nitrogen and oxygen atoms in total. The smallest absolute Gasteiger partial charge is 0.319 e. The molecule has 0 radical (unpaired) electrons. The van der Waals surface area contributed by atoms with Crippen molar-refractivity contribution in [3.8, 4) is 0 Å². The second-order valence-electron chi connectivity index (χ2n) is 6.03. The number of pyridine rings is 1. The van der Waals surface area contributed by atoms with Crippen LogP contribution in [0.4, 0.5) is 14.9 Å². The molecule has 1 aliphatic carbocycles. The van der Waals surface area contributed by atoms with Gasteiger partial charge in [-0.1, -0.05) is 17.7 Å². The number of fused-ring (bicyclic) bond motifs is 3. The molecular weight excluding hydrogens is 345 g/mol. The number of aromatic nitrogens is 3. The predicted molar refractivity (Wildman–Crippen MR) is 93.3 cm³/mol. The second kappa shape index (κ2) is 6.33. The Morgan fingerprint density at radius 2 is 2.24 bits per heavy atom. The number of rotatable bonds is 2. The molecule has 3 aromatic rings. The zero-order valence-corrected chi connectivity index (χ0v) is 13.9. The van der Waals surface area contributed by atoms with E-state index in [0.717, 1.165) is 29.4 Å². The topological polar surface area (TPSA) is 82.7 Å². The lowest BCUT2D eigenvalue weighted by Crippen LogP contribution is -2.41. The van der Waals surface area contributed by atoms with Crippen molar-refractivity contribution in [3.63, 3.8) is 0 Å². The number of urea groups is 1. The van der Waals surface area contributed by atoms with Gasteiger partial charge in [0.25, 0.3) is 0 Å². The summed E-state index contributed by atoms with van der Waals surface area (Å²) >= 11 is 5.72. The third-order valence-corrected chi connectivity index (χ3v) is 4.72. The number of carbonyl (C=O) groups excluding carboxylic acids is 1. The highest BCUT2D eigenvalue weighted by Crippen LogP contribution is 2.27. The van der Waals surface area contributed by atoms with Crippen molar-refractivity contribution in [1.29, 1.82) is 0 Å². The third kappa shape index (κ3) is 3.02. The van der Waals surface area contributed by atoms with E-state index < -0.39 is 11.8 Å². The van der Waals surface area contributed by atoms with Crippen LogP contribution in [0.25, 0.3) is 11.0 Å². The van der Waals surface area contributed by atoms with Crippen LogP contribution in [0.2, 0.25) is 5.02 Å². The van der Waals surface area contributed by atoms with Gasteiger partial charge in [0, 0.05) is 17.6 Å². The van der Waals surface area contributed by atoms with Gasteiger partial charge in [-0.05, 0) is 42.5 Å². The number of hydrogen-bond acceptors (Lipinski definition) is 3. The number of aryl methyl sites for hydroxylation is 1. The summed E-state index contributed by atoms with van der Waals surface area (Å²) in [6.45, 7) is 0. The number of aromatic amines is 1. The van der Waals surface area contributed by atoms with Crippen molar-refractivity contribution in [2.45, 2.75) is 25.3 Å². The van der Waals surface area contributed by atoms with Gasteiger partial charge in [-0.2, -0.15) is 5.10 Å². The highest BCUT2D eigenvalue weighted by molar-refractivity contribution is 6.31. The molecule has 3 N–H and O–H groups in total. The van der Waals surface area contributed by atoms with Crippen LogP contribution in [-0.4, -0.2) is 27.3 Å². The van der Waals surface area contributed by atoms with Crippen LogP contribution < -0.4 is 10.6 Å². The largest absolute Gasteiger partial charge is 0.335 e. The zero-order valence-electron chi connectivity index (χ0n) is 13.1. The quantitative estimate of drug-likeness (QED) is 0.655. The average molecular weight is 360 g/mol. The maximum atomic E-state index is 13.9. The van der Waals surface area contributed by atoms with Crippen LogP contribution in [0.5, 0.6) is 0 Å². The van der Waals surface area contributed by atoms with Crippen molar-refractivity contribution in [3.05, 3.63) is 52.6 Å². The molecule has 25 heavy (non-hydrogen) atoms. The van der Waals surface area contributed by atoms with Crippen LogP contribution in [0.15, 0.2) is 30.6 Å². The third-order valence-electron chi connectivity index (χ3n) is 4.43. The Hall–Kier alpha value is -2.67. The van der Waals surface area contributed by atoms with Crippen molar-refractivity contribution in [2.24, 2.45) is 0 Å². The van der Waals surface area contributed by atoms with Gasteiger partial charge >= 0.3 is 6.03 Å². The normalized spacial score (nSPS) is 16.5. The SMILES string of the molecule is O=C(Nc1cccc(Cl)c1F)NC1CCc2c(cnc3[nH]ncc23)C1. The number of nitrogens with one attached hydrogen (secondary N) is 3. The fraction of sp³-hybridized carbons (Fsp3) is 0.235. The molecule has 0 fully saturated rings. The summed E-state index contributed by atoms with van der Waals surface area (Å²) in [5, 5.41) is 13.3. The molecule has 0 saturated carbocycles. The first-order valence-electron chi connectivity index (χ1n) is 7.93. The lowest BCUT2D eigenvalue weighted by atomic mass is 9.88. The number of anilines is 1. The highest BCUT2D eigenvalue weighted by Gasteiger charge is 2.23. The summed E-state index contributed by atoms with van der Waals surface area (Å²) in [5.74, 6) is -0.639. The fourth-order valence-corrected chi connectivity index (χ4v) is 3.39. The Labute approximate surface area is 147 Å². The van der Waals surface area contributed by atoms with Crippen LogP contribution in [0.3, 0.4) is 0 Å². The average Bonchev–Trinajstić information content (AvgIpc) is 3.08. The molecule has 4 rings (SSSR count). The van der Waals surface area contributed by atoms with E-state index in [-0.39, 0.29) is 16.8 Å². The van der Waals surface area contributed by atoms with Crippen molar-refractivity contribution >= 4 is 34.4 Å². The van der Waals surface area contributed by atoms with Crippen molar-refractivity contribution in [2.75, 3.05) is 5.32 Å². The summed E-state index contributed by atoms with van der Waals surface area (Å²) in [6.07, 6.45) is 5.89. The van der Waals surface area contributed by atoms with Gasteiger partial charge in [-0.15, -0.1) is 0 Å². The second-order valence-corrected chi connectivity index (χ2v) is 6.44. The van der Waals surface area contributed by atoms with Crippen molar-refractivity contribution in [1.82, 2.24) is 20.5 Å². The van der Waals surface area contributed by atoms with Crippen LogP contribution in [0, 0.1) is 5.82 Å². The van der Waals surface area contributed by atoms with E-state index in [1.165, 1.54) is 17.7 Å². The van der Waals surface area contributed by atoms with Crippen LogP contribution in [0.1, 0.15) is 17.5 Å². The number of carbonyl (C=O) groups is 1. The Morgan fingerprint density at radius 1 is 1.36 bits per heavy atom. The molecule has 2 amide bonds. The van der Waals surface area contributed by atoms with Crippen LogP contribution >= 0.6 is 11.6 Å². The van der Waals surface area contributed by atoms with Gasteiger partial charge in [0.15, 0.2) is 11.5 Å². The number of amides is 2. The van der Waals surface area contributed by atoms with E-state index in [1.807, 2.05) is 6.20 Å². The van der Waals surface area contributed by atoms with E-state index in [4.69, 9.17) is 11.6 Å². The summed E-state index contributed by atoms with van der Waals surface area (Å²) in [6, 6.07) is 3.99. The lowest BCUT2D eigenvalue weighted by molar-refractivity contribution is 0.247. The number of H-pyrrole nitrogens is 1. The molecule has 0 aliphatic heterocycles. The van der Waals surface area contributed by atoms with E-state index in [2.05, 4.69) is 25.8 Å². The van der Waals surface area contributed by atoms with Gasteiger partial charge in [-0.25, -0.2) is 14.2 Å². The molecule has 2 aromatic heterocycles. The Balaban J connectivity index is 1.45. The molecule has 1 unspecified atom stereocenters. The molecule has 2 heterocycles. The molecule has 1 aliphatic rings. The van der Waals surface area contributed by atoms with E-state index in [0.29, 0.717) is 6.42 Å². The molecule has 128 valence electrons. The number of halogens is 2. The number of hydrogen-bond donors (Lipinski definition) is 3. The van der Waals surface area contributed by atoms with E-state index in [9.17, 15) is 9.18 Å². The van der Waals surface area contributed by atoms with E-state index in [1.54, 1.807) is 12.3 Å². The van der Waals surface area contributed by atoms with Gasteiger partial charge in [0.2, 0.25) is 0 Å². The summed E-state index contributed by atoms with van der Waals surface area (Å²) < 4.78 is 13.9. The van der Waals surface area contributed by atoms with Gasteiger partial charge < -0.3 is 10.6 Å². The van der Waals surface area contributed by atoms with Gasteiger partial charge in [-0.3, -0.25) is 5.10 Å². The molecule has 1 aromatic carbocycles. The standard InChI is InChI=1S/C17H15ClFN5O/c18-13-2-1-3-14(15(13)19)23-17(25)22-10-4-5-11-9(6-10)7-20-16-12(11)8-21-24-16/h1-3,7-8,10H,4-6H2,(H,20,21,24)(H2,22,23,25).